The summed E-state index contributed by atoms with van der Waals surface area (Å²) in [5, 5.41) is 0. The molecule has 0 bridgehead atoms. The third-order valence-electron chi connectivity index (χ3n) is 3.09. The first-order valence-corrected chi connectivity index (χ1v) is 13.0. The number of hydrogen-bond donors (Lipinski definition) is 3. The lowest BCUT2D eigenvalue weighted by atomic mass is 10.1. The first-order chi connectivity index (χ1) is 15.0. The number of ether oxygens (including phenoxy) is 1. The second kappa shape index (κ2) is 9.84. The van der Waals surface area contributed by atoms with Crippen molar-refractivity contribution in [2.75, 3.05) is 0 Å². The molecule has 0 unspecified atom stereocenters. The van der Waals surface area contributed by atoms with Gasteiger partial charge in [-0.15, -0.1) is 0 Å². The van der Waals surface area contributed by atoms with Crippen LogP contribution in [-0.2, 0) is 35.7 Å². The molecule has 0 heterocycles. The average molecular weight is 578 g/mol. The van der Waals surface area contributed by atoms with E-state index in [1.807, 2.05) is 0 Å². The molecule has 1 aromatic carbocycles. The normalized spacial score (nSPS) is 13.4. The second-order valence-corrected chi connectivity index (χ2v) is 12.6. The zero-order chi connectivity index (χ0) is 26.9. The number of nitrogens with one attached hydrogen (secondary N) is 1. The number of alkyl halides is 4. The smallest absolute Gasteiger partial charge is 0.456 e. The van der Waals surface area contributed by atoms with Gasteiger partial charge < -0.3 is 8.92 Å². The Morgan fingerprint density at radius 3 is 1.94 bits per heavy atom. The Morgan fingerprint density at radius 1 is 1.00 bits per heavy atom. The Morgan fingerprint density at radius 2 is 1.50 bits per heavy atom. The number of carbonyl (C=O) groups is 2. The highest BCUT2D eigenvalue weighted by molar-refractivity contribution is 8.11. The maximum Gasteiger partial charge on any atom is 0.479 e. The molecule has 34 heavy (non-hydrogen) atoms. The summed E-state index contributed by atoms with van der Waals surface area (Å²) < 4.78 is 127. The van der Waals surface area contributed by atoms with E-state index in [0.717, 1.165) is 0 Å². The van der Waals surface area contributed by atoms with Crippen LogP contribution < -0.4 is 8.91 Å². The summed E-state index contributed by atoms with van der Waals surface area (Å²) in [6, 6.07) is 1.42. The van der Waals surface area contributed by atoms with Crippen molar-refractivity contribution < 1.29 is 65.9 Å². The van der Waals surface area contributed by atoms with Crippen LogP contribution in [0.25, 0.3) is 0 Å². The highest BCUT2D eigenvalue weighted by Crippen LogP contribution is 2.33. The van der Waals surface area contributed by atoms with E-state index >= 15 is 0 Å². The fourth-order valence-electron chi connectivity index (χ4n) is 1.72. The van der Waals surface area contributed by atoms with Gasteiger partial charge in [0.25, 0.3) is 5.91 Å². The van der Waals surface area contributed by atoms with E-state index in [2.05, 4.69) is 4.18 Å². The molecule has 0 saturated heterocycles. The molecular formula is C14H15F4NO11S4. The zero-order valence-electron chi connectivity index (χ0n) is 16.9. The van der Waals surface area contributed by atoms with Gasteiger partial charge in [-0.1, -0.05) is 0 Å². The van der Waals surface area contributed by atoms with E-state index in [4.69, 9.17) is 9.29 Å². The van der Waals surface area contributed by atoms with Crippen LogP contribution >= 0.6 is 11.9 Å². The molecule has 0 aliphatic heterocycles. The van der Waals surface area contributed by atoms with E-state index < -0.39 is 86.4 Å². The van der Waals surface area contributed by atoms with E-state index in [-0.39, 0.29) is 0 Å². The van der Waals surface area contributed by atoms with E-state index in [1.165, 1.54) is 25.5 Å². The molecule has 1 rings (SSSR count). The van der Waals surface area contributed by atoms with Gasteiger partial charge in [0.15, 0.2) is 0 Å². The van der Waals surface area contributed by atoms with Crippen LogP contribution in [0.3, 0.4) is 0 Å². The minimum atomic E-state index is -6.24. The van der Waals surface area contributed by atoms with Crippen LogP contribution in [-0.4, -0.2) is 56.5 Å². The fourth-order valence-corrected chi connectivity index (χ4v) is 3.89. The third-order valence-corrected chi connectivity index (χ3v) is 7.65. The number of rotatable bonds is 9. The van der Waals surface area contributed by atoms with Gasteiger partial charge in [0, 0.05) is 17.5 Å². The third kappa shape index (κ3) is 7.42. The van der Waals surface area contributed by atoms with Crippen LogP contribution in [0.4, 0.5) is 17.6 Å². The Labute approximate surface area is 195 Å². The van der Waals surface area contributed by atoms with Crippen LogP contribution in [0.2, 0.25) is 0 Å². The number of benzene rings is 1. The molecule has 2 N–H and O–H groups in total. The van der Waals surface area contributed by atoms with Crippen molar-refractivity contribution in [1.29, 1.82) is 0 Å². The highest BCUT2D eigenvalue weighted by atomic mass is 32.3. The molecule has 0 aromatic heterocycles. The summed E-state index contributed by atoms with van der Waals surface area (Å²) in [4.78, 5) is 24.4. The molecule has 0 aliphatic rings. The number of esters is 1. The van der Waals surface area contributed by atoms with Crippen molar-refractivity contribution in [1.82, 2.24) is 4.72 Å². The topological polar surface area (TPSA) is 187 Å². The zero-order valence-corrected chi connectivity index (χ0v) is 20.3. The lowest BCUT2D eigenvalue weighted by Gasteiger charge is -2.20. The molecule has 0 spiro atoms. The minimum absolute atomic E-state index is 0.334. The van der Waals surface area contributed by atoms with Crippen molar-refractivity contribution in [2.45, 2.75) is 35.5 Å². The Kier molecular flexibility index (Phi) is 8.64. The maximum absolute atomic E-state index is 13.5. The molecule has 0 saturated carbocycles. The predicted octanol–water partition coefficient (Wildman–Crippen LogP) is 1.33. The SMILES string of the molecule is CC(C)(C)OC(=O)c1cc(OS(=O)(=O)C(F)(F)[SH](=O)=O)cc(C(=O)NSC(F)(F)S(=O)(=O)O)c1. The first kappa shape index (κ1) is 29.9. The number of amides is 1. The molecule has 1 aromatic rings. The number of thiol groups is 1. The summed E-state index contributed by atoms with van der Waals surface area (Å²) in [6.45, 7) is 4.17. The van der Waals surface area contributed by atoms with E-state index in [9.17, 15) is 52.4 Å². The molecule has 0 atom stereocenters. The van der Waals surface area contributed by atoms with Gasteiger partial charge in [0.2, 0.25) is 10.7 Å². The maximum atomic E-state index is 13.5. The lowest BCUT2D eigenvalue weighted by Crippen LogP contribution is -2.34. The largest absolute Gasteiger partial charge is 0.479 e. The van der Waals surface area contributed by atoms with Crippen molar-refractivity contribution >= 4 is 54.8 Å². The molecule has 0 fully saturated rings. The summed E-state index contributed by atoms with van der Waals surface area (Å²) >= 11 is -1.11. The van der Waals surface area contributed by atoms with Gasteiger partial charge in [-0.3, -0.25) is 14.1 Å². The summed E-state index contributed by atoms with van der Waals surface area (Å²) in [5.41, 5.74) is -2.81. The lowest BCUT2D eigenvalue weighted by molar-refractivity contribution is 0.00690. The standard InChI is InChI=1S/C14H15F4NO11S4/c1-12(2,3)29-11(21)8-4-7(10(20)19-31-13(15,16)33(24,25)26)5-9(6-8)30-34(27,28)14(17,18)32(22)23/h4-6,32H,1-3H3,(H,19,20)(H,24,25,26). The predicted molar refractivity (Wildman–Crippen MR) is 108 cm³/mol. The summed E-state index contributed by atoms with van der Waals surface area (Å²) in [7, 11) is -17.1. The summed E-state index contributed by atoms with van der Waals surface area (Å²) in [6.07, 6.45) is 0. The van der Waals surface area contributed by atoms with Gasteiger partial charge >= 0.3 is 35.4 Å². The number of carbonyl (C=O) groups excluding carboxylic acids is 2. The highest BCUT2D eigenvalue weighted by Gasteiger charge is 2.52. The van der Waals surface area contributed by atoms with Gasteiger partial charge in [-0.25, -0.2) is 13.2 Å². The molecule has 20 heteroatoms. The molecule has 0 radical (unpaired) electrons. The van der Waals surface area contributed by atoms with E-state index in [0.29, 0.717) is 18.2 Å². The Balaban J connectivity index is 3.48. The molecule has 1 amide bonds. The van der Waals surface area contributed by atoms with Crippen molar-refractivity contribution in [3.05, 3.63) is 29.3 Å². The monoisotopic (exact) mass is 577 g/mol. The van der Waals surface area contributed by atoms with Crippen molar-refractivity contribution in [3.8, 4) is 5.75 Å². The van der Waals surface area contributed by atoms with Crippen LogP contribution in [0.5, 0.6) is 5.75 Å². The first-order valence-electron chi connectivity index (χ1n) is 8.18. The van der Waals surface area contributed by atoms with E-state index in [1.54, 1.807) is 0 Å². The van der Waals surface area contributed by atoms with Gasteiger partial charge in [0.05, 0.1) is 5.56 Å². The van der Waals surface area contributed by atoms with Crippen LogP contribution in [0.1, 0.15) is 41.5 Å². The Hall–Kier alpha value is -2.16. The van der Waals surface area contributed by atoms with Crippen molar-refractivity contribution in [3.63, 3.8) is 0 Å². The molecule has 12 nitrogen and oxygen atoms in total. The van der Waals surface area contributed by atoms with Crippen molar-refractivity contribution in [2.24, 2.45) is 0 Å². The van der Waals surface area contributed by atoms with Gasteiger partial charge in [-0.05, 0) is 39.0 Å². The van der Waals surface area contributed by atoms with Gasteiger partial charge in [0.1, 0.15) is 11.4 Å². The summed E-state index contributed by atoms with van der Waals surface area (Å²) in [5.74, 6) is -4.14. The number of hydrogen-bond acceptors (Lipinski definition) is 11. The molecular weight excluding hydrogens is 562 g/mol. The quantitative estimate of drug-likeness (QED) is 0.0956. The van der Waals surface area contributed by atoms with Gasteiger partial charge in [-0.2, -0.15) is 34.4 Å². The molecule has 0 aliphatic carbocycles. The number of halogens is 4. The van der Waals surface area contributed by atoms with Crippen LogP contribution in [0, 0.1) is 0 Å². The second-order valence-electron chi connectivity index (χ2n) is 7.00. The fraction of sp³-hybridized carbons (Fsp3) is 0.429. The minimum Gasteiger partial charge on any atom is -0.456 e. The van der Waals surface area contributed by atoms with Crippen LogP contribution in [0.15, 0.2) is 18.2 Å². The Bertz CT molecular complexity index is 1260. The molecule has 194 valence electrons. The average Bonchev–Trinajstić information content (AvgIpc) is 2.62.